The Morgan fingerprint density at radius 3 is 2.38 bits per heavy atom. The Kier molecular flexibility index (Phi) is 9.53. The molecule has 0 radical (unpaired) electrons. The summed E-state index contributed by atoms with van der Waals surface area (Å²) >= 11 is 0. The fraction of sp³-hybridized carbons (Fsp3) is 0.444. The third-order valence-corrected chi connectivity index (χ3v) is 3.90. The van der Waals surface area contributed by atoms with Crippen molar-refractivity contribution in [1.82, 2.24) is 20.4 Å². The van der Waals surface area contributed by atoms with E-state index in [9.17, 15) is 8.78 Å². The molecule has 2 N–H and O–H groups in total. The standard InChI is InChI=1S/C18H25F2N5.HI/c1-13-12-14(2)25(24-13)11-5-9-22-18(21-3)23-10-8-15-16(19)6-4-7-17(15)20;/h4,6-7,12H,5,8-11H2,1-3H3,(H2,21,22,23);1H. The van der Waals surface area contributed by atoms with Gasteiger partial charge in [0.05, 0.1) is 5.69 Å². The number of benzene rings is 1. The SMILES string of the molecule is CN=C(NCCCn1nc(C)cc1C)NCCc1c(F)cccc1F.I. The number of nitrogens with one attached hydrogen (secondary N) is 2. The molecule has 0 amide bonds. The van der Waals surface area contributed by atoms with Crippen LogP contribution in [0, 0.1) is 25.5 Å². The van der Waals surface area contributed by atoms with E-state index in [-0.39, 0.29) is 36.0 Å². The molecule has 144 valence electrons. The van der Waals surface area contributed by atoms with E-state index in [0.717, 1.165) is 30.9 Å². The summed E-state index contributed by atoms with van der Waals surface area (Å²) in [5, 5.41) is 10.7. The topological polar surface area (TPSA) is 54.2 Å². The smallest absolute Gasteiger partial charge is 0.190 e. The number of nitrogens with zero attached hydrogens (tertiary/aromatic N) is 3. The summed E-state index contributed by atoms with van der Waals surface area (Å²) < 4.78 is 29.1. The summed E-state index contributed by atoms with van der Waals surface area (Å²) in [6.07, 6.45) is 1.15. The van der Waals surface area contributed by atoms with Crippen LogP contribution >= 0.6 is 24.0 Å². The molecule has 0 fully saturated rings. The molecule has 0 aliphatic heterocycles. The molecule has 26 heavy (non-hydrogen) atoms. The van der Waals surface area contributed by atoms with Crippen molar-refractivity contribution in [3.05, 3.63) is 52.9 Å². The van der Waals surface area contributed by atoms with Crippen molar-refractivity contribution >= 4 is 29.9 Å². The summed E-state index contributed by atoms with van der Waals surface area (Å²) in [6.45, 7) is 5.97. The van der Waals surface area contributed by atoms with Crippen LogP contribution in [0.25, 0.3) is 0 Å². The molecule has 0 aliphatic rings. The number of aliphatic imine (C=N–C) groups is 1. The van der Waals surface area contributed by atoms with E-state index >= 15 is 0 Å². The largest absolute Gasteiger partial charge is 0.356 e. The Bertz CT molecular complexity index is 710. The fourth-order valence-electron chi connectivity index (χ4n) is 2.63. The van der Waals surface area contributed by atoms with Crippen molar-refractivity contribution in [1.29, 1.82) is 0 Å². The third-order valence-electron chi connectivity index (χ3n) is 3.90. The summed E-state index contributed by atoms with van der Waals surface area (Å²) in [5.41, 5.74) is 2.25. The van der Waals surface area contributed by atoms with Crippen molar-refractivity contribution in [2.75, 3.05) is 20.1 Å². The maximum absolute atomic E-state index is 13.6. The average molecular weight is 477 g/mol. The lowest BCUT2D eigenvalue weighted by Crippen LogP contribution is -2.39. The molecule has 0 bridgehead atoms. The van der Waals surface area contributed by atoms with Gasteiger partial charge in [0.2, 0.25) is 0 Å². The third kappa shape index (κ3) is 6.54. The zero-order valence-electron chi connectivity index (χ0n) is 15.4. The zero-order valence-corrected chi connectivity index (χ0v) is 17.7. The van der Waals surface area contributed by atoms with Crippen LogP contribution in [0.15, 0.2) is 29.3 Å². The highest BCUT2D eigenvalue weighted by Crippen LogP contribution is 2.11. The summed E-state index contributed by atoms with van der Waals surface area (Å²) in [7, 11) is 1.67. The van der Waals surface area contributed by atoms with Gasteiger partial charge in [0.15, 0.2) is 5.96 Å². The Balaban J connectivity index is 0.00000338. The van der Waals surface area contributed by atoms with E-state index in [0.29, 0.717) is 12.5 Å². The summed E-state index contributed by atoms with van der Waals surface area (Å²) in [4.78, 5) is 4.11. The second kappa shape index (κ2) is 11.1. The number of rotatable bonds is 7. The average Bonchev–Trinajstić information content (AvgIpc) is 2.89. The van der Waals surface area contributed by atoms with E-state index in [1.54, 1.807) is 7.05 Å². The van der Waals surface area contributed by atoms with Gasteiger partial charge in [-0.05, 0) is 44.9 Å². The quantitative estimate of drug-likeness (QED) is 0.279. The highest BCUT2D eigenvalue weighted by atomic mass is 127. The number of hydrogen-bond donors (Lipinski definition) is 2. The van der Waals surface area contributed by atoms with Gasteiger partial charge >= 0.3 is 0 Å². The van der Waals surface area contributed by atoms with Gasteiger partial charge in [0.25, 0.3) is 0 Å². The van der Waals surface area contributed by atoms with Crippen molar-refractivity contribution in [3.63, 3.8) is 0 Å². The lowest BCUT2D eigenvalue weighted by molar-refractivity contribution is 0.549. The van der Waals surface area contributed by atoms with Crippen LogP contribution in [-0.2, 0) is 13.0 Å². The molecule has 0 aliphatic carbocycles. The highest BCUT2D eigenvalue weighted by Gasteiger charge is 2.08. The minimum absolute atomic E-state index is 0. The van der Waals surface area contributed by atoms with Crippen molar-refractivity contribution in [3.8, 4) is 0 Å². The number of hydrogen-bond acceptors (Lipinski definition) is 2. The van der Waals surface area contributed by atoms with Gasteiger partial charge in [0.1, 0.15) is 11.6 Å². The lowest BCUT2D eigenvalue weighted by Gasteiger charge is -2.12. The van der Waals surface area contributed by atoms with E-state index in [1.807, 2.05) is 18.5 Å². The summed E-state index contributed by atoms with van der Waals surface area (Å²) in [5.74, 6) is -0.422. The molecule has 8 heteroatoms. The van der Waals surface area contributed by atoms with Crippen LogP contribution in [-0.4, -0.2) is 35.9 Å². The molecule has 1 aromatic heterocycles. The van der Waals surface area contributed by atoms with Crippen LogP contribution in [0.2, 0.25) is 0 Å². The fourth-order valence-corrected chi connectivity index (χ4v) is 2.63. The van der Waals surface area contributed by atoms with Crippen LogP contribution in [0.3, 0.4) is 0 Å². The molecular weight excluding hydrogens is 451 g/mol. The molecule has 1 aromatic carbocycles. The molecular formula is C18H26F2IN5. The first kappa shape index (κ1) is 22.3. The van der Waals surface area contributed by atoms with Gasteiger partial charge in [-0.3, -0.25) is 9.67 Å². The van der Waals surface area contributed by atoms with Crippen LogP contribution in [0.1, 0.15) is 23.4 Å². The highest BCUT2D eigenvalue weighted by molar-refractivity contribution is 14.0. The van der Waals surface area contributed by atoms with Gasteiger partial charge in [-0.15, -0.1) is 24.0 Å². The predicted octanol–water partition coefficient (Wildman–Crippen LogP) is 3.19. The van der Waals surface area contributed by atoms with Gasteiger partial charge < -0.3 is 10.6 Å². The maximum Gasteiger partial charge on any atom is 0.190 e. The summed E-state index contributed by atoms with van der Waals surface area (Å²) in [6, 6.07) is 5.95. The number of guanidine groups is 1. The molecule has 0 saturated carbocycles. The maximum atomic E-state index is 13.6. The van der Waals surface area contributed by atoms with Gasteiger partial charge in [-0.2, -0.15) is 5.10 Å². The second-order valence-corrected chi connectivity index (χ2v) is 5.88. The van der Waals surface area contributed by atoms with Crippen LogP contribution in [0.5, 0.6) is 0 Å². The monoisotopic (exact) mass is 477 g/mol. The van der Waals surface area contributed by atoms with E-state index in [1.165, 1.54) is 18.2 Å². The van der Waals surface area contributed by atoms with E-state index in [4.69, 9.17) is 0 Å². The normalized spacial score (nSPS) is 11.2. The predicted molar refractivity (Wildman–Crippen MR) is 111 cm³/mol. The van der Waals surface area contributed by atoms with Crippen molar-refractivity contribution in [2.45, 2.75) is 33.2 Å². The zero-order chi connectivity index (χ0) is 18.2. The molecule has 1 heterocycles. The first-order chi connectivity index (χ1) is 12.0. The number of aromatic nitrogens is 2. The van der Waals surface area contributed by atoms with Gasteiger partial charge in [0, 0.05) is 37.9 Å². The van der Waals surface area contributed by atoms with Crippen LogP contribution < -0.4 is 10.6 Å². The number of halogens is 3. The number of aryl methyl sites for hydroxylation is 3. The first-order valence-electron chi connectivity index (χ1n) is 8.39. The first-order valence-corrected chi connectivity index (χ1v) is 8.39. The van der Waals surface area contributed by atoms with Gasteiger partial charge in [-0.1, -0.05) is 6.07 Å². The molecule has 0 spiro atoms. The molecule has 5 nitrogen and oxygen atoms in total. The van der Waals surface area contributed by atoms with E-state index in [2.05, 4.69) is 26.8 Å². The van der Waals surface area contributed by atoms with Gasteiger partial charge in [-0.25, -0.2) is 8.78 Å². The Morgan fingerprint density at radius 1 is 1.15 bits per heavy atom. The lowest BCUT2D eigenvalue weighted by atomic mass is 10.1. The molecule has 0 atom stereocenters. The molecule has 0 saturated heterocycles. The minimum Gasteiger partial charge on any atom is -0.356 e. The van der Waals surface area contributed by atoms with Crippen molar-refractivity contribution < 1.29 is 8.78 Å². The Labute approximate surface area is 170 Å². The van der Waals surface area contributed by atoms with Crippen molar-refractivity contribution in [2.24, 2.45) is 4.99 Å². The molecule has 2 aromatic rings. The Morgan fingerprint density at radius 2 is 1.81 bits per heavy atom. The Hall–Kier alpha value is -1.71. The van der Waals surface area contributed by atoms with Crippen LogP contribution in [0.4, 0.5) is 8.78 Å². The van der Waals surface area contributed by atoms with E-state index < -0.39 is 11.6 Å². The molecule has 2 rings (SSSR count). The minimum atomic E-state index is -0.519. The molecule has 0 unspecified atom stereocenters. The second-order valence-electron chi connectivity index (χ2n) is 5.88.